The molecule has 1 aliphatic carbocycles. The minimum Gasteiger partial charge on any atom is -0.444 e. The maximum atomic E-state index is 11.4. The first-order valence-corrected chi connectivity index (χ1v) is 6.79. The maximum Gasteiger partial charge on any atom is 0.407 e. The molecule has 6 heteroatoms. The van der Waals surface area contributed by atoms with E-state index in [0.717, 1.165) is 6.42 Å². The molecule has 0 unspecified atom stereocenters. The first-order chi connectivity index (χ1) is 8.79. The largest absolute Gasteiger partial charge is 0.444 e. The Balaban J connectivity index is 2.10. The van der Waals surface area contributed by atoms with Crippen molar-refractivity contribution in [3.8, 4) is 0 Å². The van der Waals surface area contributed by atoms with Gasteiger partial charge in [0, 0.05) is 26.2 Å². The van der Waals surface area contributed by atoms with Crippen LogP contribution in [-0.2, 0) is 4.74 Å². The Morgan fingerprint density at radius 2 is 2.11 bits per heavy atom. The number of nitrogens with two attached hydrogens (primary N) is 1. The lowest BCUT2D eigenvalue weighted by Crippen LogP contribution is -2.36. The first kappa shape index (κ1) is 15.6. The number of aliphatic imine (C=N–C) groups is 1. The van der Waals surface area contributed by atoms with E-state index >= 15 is 0 Å². The van der Waals surface area contributed by atoms with Gasteiger partial charge < -0.3 is 20.7 Å². The molecule has 0 heterocycles. The van der Waals surface area contributed by atoms with Crippen molar-refractivity contribution in [3.63, 3.8) is 0 Å². The Hall–Kier alpha value is -1.46. The Morgan fingerprint density at radius 3 is 2.63 bits per heavy atom. The van der Waals surface area contributed by atoms with Crippen LogP contribution in [0.1, 0.15) is 40.0 Å². The van der Waals surface area contributed by atoms with Crippen LogP contribution in [0.5, 0.6) is 0 Å². The van der Waals surface area contributed by atoms with Crippen LogP contribution in [0.15, 0.2) is 4.99 Å². The molecular formula is C13H26N4O2. The van der Waals surface area contributed by atoms with E-state index in [1.165, 1.54) is 12.8 Å². The van der Waals surface area contributed by atoms with Crippen molar-refractivity contribution in [2.75, 3.05) is 20.1 Å². The number of nitrogens with one attached hydrogen (secondary N) is 1. The highest BCUT2D eigenvalue weighted by atomic mass is 16.6. The van der Waals surface area contributed by atoms with Gasteiger partial charge >= 0.3 is 6.09 Å². The molecule has 1 aliphatic rings. The van der Waals surface area contributed by atoms with E-state index in [1.54, 1.807) is 0 Å². The van der Waals surface area contributed by atoms with Crippen LogP contribution < -0.4 is 11.1 Å². The molecule has 1 amide bonds. The average molecular weight is 270 g/mol. The zero-order valence-electron chi connectivity index (χ0n) is 12.4. The monoisotopic (exact) mass is 270 g/mol. The van der Waals surface area contributed by atoms with Gasteiger partial charge in [-0.05, 0) is 40.0 Å². The van der Waals surface area contributed by atoms with Crippen molar-refractivity contribution in [3.05, 3.63) is 0 Å². The van der Waals surface area contributed by atoms with Gasteiger partial charge in [0.15, 0.2) is 5.96 Å². The third kappa shape index (κ3) is 6.88. The van der Waals surface area contributed by atoms with E-state index in [4.69, 9.17) is 10.5 Å². The smallest absolute Gasteiger partial charge is 0.407 e. The van der Waals surface area contributed by atoms with E-state index in [9.17, 15) is 4.79 Å². The lowest BCUT2D eigenvalue weighted by Gasteiger charge is -2.19. The van der Waals surface area contributed by atoms with Crippen molar-refractivity contribution < 1.29 is 9.53 Å². The van der Waals surface area contributed by atoms with Gasteiger partial charge in [-0.3, -0.25) is 4.99 Å². The number of nitrogens with zero attached hydrogens (tertiary/aromatic N) is 2. The molecule has 0 aromatic rings. The fourth-order valence-electron chi connectivity index (χ4n) is 1.54. The van der Waals surface area contributed by atoms with E-state index in [2.05, 4.69) is 10.3 Å². The molecule has 0 spiro atoms. The van der Waals surface area contributed by atoms with Crippen LogP contribution in [0.25, 0.3) is 0 Å². The van der Waals surface area contributed by atoms with Crippen LogP contribution in [0, 0.1) is 0 Å². The number of guanidine groups is 1. The number of alkyl carbamates (subject to hydrolysis) is 1. The van der Waals surface area contributed by atoms with Crippen LogP contribution in [0.3, 0.4) is 0 Å². The van der Waals surface area contributed by atoms with E-state index in [1.807, 2.05) is 32.7 Å². The lowest BCUT2D eigenvalue weighted by molar-refractivity contribution is 0.0527. The number of ether oxygens (including phenoxy) is 1. The van der Waals surface area contributed by atoms with E-state index in [0.29, 0.717) is 25.1 Å². The first-order valence-electron chi connectivity index (χ1n) is 6.79. The summed E-state index contributed by atoms with van der Waals surface area (Å²) in [6.45, 7) is 6.67. The standard InChI is InChI=1S/C13H26N4O2/c1-13(2,3)19-12(18)16-9-5-8-15-11(14)17(4)10-6-7-10/h10H,5-9H2,1-4H3,(H2,14,15)(H,16,18). The summed E-state index contributed by atoms with van der Waals surface area (Å²) in [6, 6.07) is 0.573. The fourth-order valence-corrected chi connectivity index (χ4v) is 1.54. The number of hydrogen-bond donors (Lipinski definition) is 2. The number of amides is 1. The normalized spacial score (nSPS) is 16.1. The Kier molecular flexibility index (Phi) is 5.44. The van der Waals surface area contributed by atoms with Crippen molar-refractivity contribution in [2.24, 2.45) is 10.7 Å². The van der Waals surface area contributed by atoms with Gasteiger partial charge in [0.25, 0.3) is 0 Å². The van der Waals surface area contributed by atoms with E-state index in [-0.39, 0.29) is 6.09 Å². The molecule has 1 fully saturated rings. The van der Waals surface area contributed by atoms with Crippen molar-refractivity contribution in [1.29, 1.82) is 0 Å². The second kappa shape index (κ2) is 6.63. The summed E-state index contributed by atoms with van der Waals surface area (Å²) in [6.07, 6.45) is 2.76. The predicted octanol–water partition coefficient (Wildman–Crippen LogP) is 1.31. The van der Waals surface area contributed by atoms with Crippen molar-refractivity contribution in [2.45, 2.75) is 51.7 Å². The average Bonchev–Trinajstić information content (AvgIpc) is 3.08. The molecule has 0 aromatic heterocycles. The molecule has 0 atom stereocenters. The molecule has 0 aliphatic heterocycles. The second-order valence-corrected chi connectivity index (χ2v) is 5.86. The van der Waals surface area contributed by atoms with Gasteiger partial charge in [-0.15, -0.1) is 0 Å². The summed E-state index contributed by atoms with van der Waals surface area (Å²) in [7, 11) is 1.97. The Labute approximate surface area is 115 Å². The highest BCUT2D eigenvalue weighted by Crippen LogP contribution is 2.24. The summed E-state index contributed by atoms with van der Waals surface area (Å²) < 4.78 is 5.12. The summed E-state index contributed by atoms with van der Waals surface area (Å²) in [5.41, 5.74) is 5.39. The quantitative estimate of drug-likeness (QED) is 0.448. The predicted molar refractivity (Wildman–Crippen MR) is 76.1 cm³/mol. The zero-order chi connectivity index (χ0) is 14.5. The van der Waals surface area contributed by atoms with Gasteiger partial charge in [0.1, 0.15) is 5.60 Å². The molecule has 0 aromatic carbocycles. The van der Waals surface area contributed by atoms with Crippen molar-refractivity contribution in [1.82, 2.24) is 10.2 Å². The van der Waals surface area contributed by atoms with Gasteiger partial charge in [-0.25, -0.2) is 4.79 Å². The SMILES string of the molecule is CN(C(N)=NCCCNC(=O)OC(C)(C)C)C1CC1. The van der Waals surface area contributed by atoms with Crippen LogP contribution in [-0.4, -0.2) is 48.7 Å². The summed E-state index contributed by atoms with van der Waals surface area (Å²) in [5, 5.41) is 2.69. The van der Waals surface area contributed by atoms with Crippen LogP contribution in [0.2, 0.25) is 0 Å². The minimum atomic E-state index is -0.459. The van der Waals surface area contributed by atoms with Crippen molar-refractivity contribution >= 4 is 12.1 Å². The number of hydrogen-bond acceptors (Lipinski definition) is 3. The highest BCUT2D eigenvalue weighted by molar-refractivity contribution is 5.78. The minimum absolute atomic E-state index is 0.389. The molecule has 110 valence electrons. The topological polar surface area (TPSA) is 80.0 Å². The third-order valence-electron chi connectivity index (χ3n) is 2.73. The molecular weight excluding hydrogens is 244 g/mol. The van der Waals surface area contributed by atoms with Gasteiger partial charge in [0.05, 0.1) is 0 Å². The van der Waals surface area contributed by atoms with Crippen LogP contribution in [0.4, 0.5) is 4.79 Å². The summed E-state index contributed by atoms with van der Waals surface area (Å²) >= 11 is 0. The second-order valence-electron chi connectivity index (χ2n) is 5.86. The zero-order valence-corrected chi connectivity index (χ0v) is 12.4. The molecule has 0 bridgehead atoms. The van der Waals surface area contributed by atoms with Gasteiger partial charge in [-0.1, -0.05) is 0 Å². The number of rotatable bonds is 5. The van der Waals surface area contributed by atoms with Crippen LogP contribution >= 0.6 is 0 Å². The molecule has 3 N–H and O–H groups in total. The Morgan fingerprint density at radius 1 is 1.47 bits per heavy atom. The third-order valence-corrected chi connectivity index (χ3v) is 2.73. The van der Waals surface area contributed by atoms with Gasteiger partial charge in [-0.2, -0.15) is 0 Å². The maximum absolute atomic E-state index is 11.4. The highest BCUT2D eigenvalue weighted by Gasteiger charge is 2.27. The molecule has 19 heavy (non-hydrogen) atoms. The lowest BCUT2D eigenvalue weighted by atomic mass is 10.2. The Bertz CT molecular complexity index is 332. The molecule has 0 saturated heterocycles. The molecule has 1 saturated carbocycles. The summed E-state index contributed by atoms with van der Waals surface area (Å²) in [5.74, 6) is 0.583. The molecule has 6 nitrogen and oxygen atoms in total. The molecule has 0 radical (unpaired) electrons. The summed E-state index contributed by atoms with van der Waals surface area (Å²) in [4.78, 5) is 17.7. The molecule has 1 rings (SSSR count). The number of carbonyl (C=O) groups excluding carboxylic acids is 1. The number of carbonyl (C=O) groups is 1. The van der Waals surface area contributed by atoms with Gasteiger partial charge in [0.2, 0.25) is 0 Å². The van der Waals surface area contributed by atoms with E-state index < -0.39 is 5.60 Å². The fraction of sp³-hybridized carbons (Fsp3) is 0.846.